The largest absolute Gasteiger partial charge is 0.464 e. The standard InChI is InChI=1S/C10H11FO3/c11-8-1-2-9-7(5-8)6-13-10(14-9)3-4-12/h1-2,5,10,12H,3-4,6H2. The Bertz CT molecular complexity index is 327. The molecule has 2 rings (SSSR count). The van der Waals surface area contributed by atoms with E-state index >= 15 is 0 Å². The van der Waals surface area contributed by atoms with Crippen molar-refractivity contribution in [3.8, 4) is 5.75 Å². The SMILES string of the molecule is OCCC1OCc2cc(F)ccc2O1. The van der Waals surface area contributed by atoms with Crippen molar-refractivity contribution in [1.29, 1.82) is 0 Å². The average Bonchev–Trinajstić information content (AvgIpc) is 2.19. The number of aliphatic hydroxyl groups excluding tert-OH is 1. The second-order valence-corrected chi connectivity index (χ2v) is 3.12. The van der Waals surface area contributed by atoms with Crippen LogP contribution in [0.4, 0.5) is 4.39 Å². The summed E-state index contributed by atoms with van der Waals surface area (Å²) in [5, 5.41) is 8.69. The topological polar surface area (TPSA) is 38.7 Å². The summed E-state index contributed by atoms with van der Waals surface area (Å²) in [6, 6.07) is 4.32. The van der Waals surface area contributed by atoms with Crippen molar-refractivity contribution < 1.29 is 19.0 Å². The summed E-state index contributed by atoms with van der Waals surface area (Å²) in [7, 11) is 0. The van der Waals surface area contributed by atoms with E-state index in [1.165, 1.54) is 12.1 Å². The first-order chi connectivity index (χ1) is 6.79. The summed E-state index contributed by atoms with van der Waals surface area (Å²) in [5.74, 6) is 0.340. The van der Waals surface area contributed by atoms with Crippen LogP contribution in [0.2, 0.25) is 0 Å². The van der Waals surface area contributed by atoms with Crippen molar-refractivity contribution in [2.45, 2.75) is 19.3 Å². The van der Waals surface area contributed by atoms with Gasteiger partial charge in [-0.05, 0) is 18.2 Å². The van der Waals surface area contributed by atoms with Gasteiger partial charge in [0.05, 0.1) is 6.61 Å². The van der Waals surface area contributed by atoms with Crippen LogP contribution in [0, 0.1) is 5.82 Å². The fraction of sp³-hybridized carbons (Fsp3) is 0.400. The molecule has 1 atom stereocenters. The van der Waals surface area contributed by atoms with Gasteiger partial charge in [0.2, 0.25) is 6.29 Å². The molecule has 0 saturated carbocycles. The number of aliphatic hydroxyl groups is 1. The maximum Gasteiger partial charge on any atom is 0.202 e. The van der Waals surface area contributed by atoms with Crippen molar-refractivity contribution in [1.82, 2.24) is 0 Å². The van der Waals surface area contributed by atoms with Crippen LogP contribution >= 0.6 is 0 Å². The summed E-state index contributed by atoms with van der Waals surface area (Å²) < 4.78 is 23.4. The molecule has 1 N–H and O–H groups in total. The summed E-state index contributed by atoms with van der Waals surface area (Å²) in [5.41, 5.74) is 0.708. The monoisotopic (exact) mass is 198 g/mol. The molecule has 14 heavy (non-hydrogen) atoms. The van der Waals surface area contributed by atoms with Gasteiger partial charge in [-0.25, -0.2) is 4.39 Å². The van der Waals surface area contributed by atoms with E-state index in [1.54, 1.807) is 6.07 Å². The zero-order chi connectivity index (χ0) is 9.97. The minimum atomic E-state index is -0.419. The molecule has 1 aromatic carbocycles. The van der Waals surface area contributed by atoms with Crippen LogP contribution in [0.5, 0.6) is 5.75 Å². The molecule has 1 aliphatic rings. The average molecular weight is 198 g/mol. The van der Waals surface area contributed by atoms with Crippen LogP contribution in [0.3, 0.4) is 0 Å². The fourth-order valence-electron chi connectivity index (χ4n) is 1.38. The smallest absolute Gasteiger partial charge is 0.202 e. The van der Waals surface area contributed by atoms with Gasteiger partial charge in [0, 0.05) is 18.6 Å². The zero-order valence-electron chi connectivity index (χ0n) is 7.57. The quantitative estimate of drug-likeness (QED) is 0.781. The van der Waals surface area contributed by atoms with Gasteiger partial charge in [0.25, 0.3) is 0 Å². The molecule has 0 bridgehead atoms. The second kappa shape index (κ2) is 3.94. The van der Waals surface area contributed by atoms with E-state index in [1.807, 2.05) is 0 Å². The third-order valence-electron chi connectivity index (χ3n) is 2.07. The van der Waals surface area contributed by atoms with Gasteiger partial charge < -0.3 is 14.6 Å². The number of halogens is 1. The molecule has 3 nitrogen and oxygen atoms in total. The van der Waals surface area contributed by atoms with Crippen molar-refractivity contribution in [2.75, 3.05) is 6.61 Å². The van der Waals surface area contributed by atoms with Crippen molar-refractivity contribution in [3.05, 3.63) is 29.6 Å². The van der Waals surface area contributed by atoms with Gasteiger partial charge in [-0.1, -0.05) is 0 Å². The van der Waals surface area contributed by atoms with Crippen LogP contribution in [0.1, 0.15) is 12.0 Å². The minimum Gasteiger partial charge on any atom is -0.464 e. The first kappa shape index (κ1) is 9.43. The molecule has 1 aromatic rings. The van der Waals surface area contributed by atoms with E-state index in [0.29, 0.717) is 24.3 Å². The predicted molar refractivity (Wildman–Crippen MR) is 47.3 cm³/mol. The number of ether oxygens (including phenoxy) is 2. The van der Waals surface area contributed by atoms with Gasteiger partial charge in [-0.2, -0.15) is 0 Å². The molecule has 1 unspecified atom stereocenters. The molecule has 1 aliphatic heterocycles. The lowest BCUT2D eigenvalue weighted by Crippen LogP contribution is -2.26. The third kappa shape index (κ3) is 1.86. The minimum absolute atomic E-state index is 0.0151. The number of benzene rings is 1. The van der Waals surface area contributed by atoms with Gasteiger partial charge in [-0.3, -0.25) is 0 Å². The highest BCUT2D eigenvalue weighted by molar-refractivity contribution is 5.34. The lowest BCUT2D eigenvalue weighted by Gasteiger charge is -2.25. The molecule has 0 spiro atoms. The third-order valence-corrected chi connectivity index (χ3v) is 2.07. The predicted octanol–water partition coefficient (Wildman–Crippen LogP) is 1.44. The molecule has 0 saturated heterocycles. The molecule has 0 aromatic heterocycles. The normalized spacial score (nSPS) is 20.0. The van der Waals surface area contributed by atoms with Crippen LogP contribution in [0.25, 0.3) is 0 Å². The molecular formula is C10H11FO3. The summed E-state index contributed by atoms with van der Waals surface area (Å²) in [6.07, 6.45) is 0.00884. The Hall–Kier alpha value is -1.13. The van der Waals surface area contributed by atoms with Crippen molar-refractivity contribution in [3.63, 3.8) is 0 Å². The Kier molecular flexibility index (Phi) is 2.65. The van der Waals surface area contributed by atoms with Crippen molar-refractivity contribution >= 4 is 0 Å². The Morgan fingerprint density at radius 1 is 1.50 bits per heavy atom. The van der Waals surface area contributed by atoms with Gasteiger partial charge in [0.15, 0.2) is 0 Å². The summed E-state index contributed by atoms with van der Waals surface area (Å²) in [6.45, 7) is 0.346. The van der Waals surface area contributed by atoms with E-state index in [4.69, 9.17) is 14.6 Å². The molecule has 4 heteroatoms. The summed E-state index contributed by atoms with van der Waals surface area (Å²) in [4.78, 5) is 0. The van der Waals surface area contributed by atoms with Crippen LogP contribution < -0.4 is 4.74 Å². The van der Waals surface area contributed by atoms with Crippen LogP contribution in [-0.4, -0.2) is 18.0 Å². The number of hydrogen-bond donors (Lipinski definition) is 1. The van der Waals surface area contributed by atoms with Crippen molar-refractivity contribution in [2.24, 2.45) is 0 Å². The number of fused-ring (bicyclic) bond motifs is 1. The molecule has 76 valence electrons. The maximum absolute atomic E-state index is 12.8. The molecule has 0 fully saturated rings. The van der Waals surface area contributed by atoms with Gasteiger partial charge in [-0.15, -0.1) is 0 Å². The molecule has 1 heterocycles. The van der Waals surface area contributed by atoms with E-state index in [0.717, 1.165) is 0 Å². The van der Waals surface area contributed by atoms with E-state index < -0.39 is 6.29 Å². The highest BCUT2D eigenvalue weighted by Gasteiger charge is 2.19. The fourth-order valence-corrected chi connectivity index (χ4v) is 1.38. The molecular weight excluding hydrogens is 187 g/mol. The first-order valence-electron chi connectivity index (χ1n) is 4.47. The Balaban J connectivity index is 2.15. The zero-order valence-corrected chi connectivity index (χ0v) is 7.57. The van der Waals surface area contributed by atoms with Gasteiger partial charge in [0.1, 0.15) is 11.6 Å². The maximum atomic E-state index is 12.8. The van der Waals surface area contributed by atoms with Gasteiger partial charge >= 0.3 is 0 Å². The first-order valence-corrected chi connectivity index (χ1v) is 4.47. The lowest BCUT2D eigenvalue weighted by atomic mass is 10.2. The van der Waals surface area contributed by atoms with Crippen LogP contribution in [-0.2, 0) is 11.3 Å². The van der Waals surface area contributed by atoms with Crippen LogP contribution in [0.15, 0.2) is 18.2 Å². The lowest BCUT2D eigenvalue weighted by molar-refractivity contribution is -0.116. The summed E-state index contributed by atoms with van der Waals surface area (Å²) >= 11 is 0. The van der Waals surface area contributed by atoms with E-state index in [2.05, 4.69) is 0 Å². The second-order valence-electron chi connectivity index (χ2n) is 3.12. The molecule has 0 radical (unpaired) electrons. The Morgan fingerprint density at radius 3 is 3.14 bits per heavy atom. The number of rotatable bonds is 2. The highest BCUT2D eigenvalue weighted by atomic mass is 19.1. The Morgan fingerprint density at radius 2 is 2.36 bits per heavy atom. The van der Waals surface area contributed by atoms with E-state index in [-0.39, 0.29) is 12.4 Å². The highest BCUT2D eigenvalue weighted by Crippen LogP contribution is 2.27. The Labute approximate surface area is 81.1 Å². The number of hydrogen-bond acceptors (Lipinski definition) is 3. The molecule has 0 amide bonds. The molecule has 0 aliphatic carbocycles. The van der Waals surface area contributed by atoms with E-state index in [9.17, 15) is 4.39 Å².